The third-order valence-electron chi connectivity index (χ3n) is 2.24. The molecule has 0 radical (unpaired) electrons. The van der Waals surface area contributed by atoms with Crippen LogP contribution in [0, 0.1) is 18.6 Å². The van der Waals surface area contributed by atoms with Crippen LogP contribution >= 0.6 is 0 Å². The van der Waals surface area contributed by atoms with Crippen LogP contribution in [0.1, 0.15) is 16.1 Å². The summed E-state index contributed by atoms with van der Waals surface area (Å²) in [5.41, 5.74) is 0.809. The van der Waals surface area contributed by atoms with E-state index >= 15 is 0 Å². The molecule has 0 unspecified atom stereocenters. The monoisotopic (exact) mass is 237 g/mol. The average molecular weight is 237 g/mol. The molecule has 0 atom stereocenters. The topological polar surface area (TPSA) is 57.8 Å². The molecule has 1 heterocycles. The van der Waals surface area contributed by atoms with Crippen molar-refractivity contribution in [3.05, 3.63) is 47.3 Å². The Kier molecular flexibility index (Phi) is 2.86. The second kappa shape index (κ2) is 4.32. The molecule has 88 valence electrons. The molecule has 0 saturated heterocycles. The largest absolute Gasteiger partial charge is 0.318 e. The highest BCUT2D eigenvalue weighted by atomic mass is 19.1. The van der Waals surface area contributed by atoms with E-state index in [1.807, 2.05) is 0 Å². The van der Waals surface area contributed by atoms with E-state index in [0.29, 0.717) is 11.6 Å². The standard InChI is InChI=1S/C11H9F2N3O/c1-6-5-14-16-10(6)11(17)15-9-3-2-7(12)4-8(9)13/h2-5H,1H3,(H,14,16)(H,15,17). The number of aryl methyl sites for hydroxylation is 1. The number of amides is 1. The lowest BCUT2D eigenvalue weighted by Gasteiger charge is -2.05. The number of nitrogens with zero attached hydrogens (tertiary/aromatic N) is 1. The molecule has 0 bridgehead atoms. The summed E-state index contributed by atoms with van der Waals surface area (Å²) in [6.07, 6.45) is 1.48. The van der Waals surface area contributed by atoms with Gasteiger partial charge in [0.15, 0.2) is 0 Å². The molecule has 0 aliphatic heterocycles. The fourth-order valence-electron chi connectivity index (χ4n) is 1.35. The number of hydrogen-bond donors (Lipinski definition) is 2. The Labute approximate surface area is 95.7 Å². The van der Waals surface area contributed by atoms with Crippen LogP contribution in [0.2, 0.25) is 0 Å². The molecule has 0 spiro atoms. The predicted octanol–water partition coefficient (Wildman–Crippen LogP) is 2.25. The number of hydrogen-bond acceptors (Lipinski definition) is 2. The number of nitrogens with one attached hydrogen (secondary N) is 2. The van der Waals surface area contributed by atoms with Crippen molar-refractivity contribution in [3.63, 3.8) is 0 Å². The lowest BCUT2D eigenvalue weighted by atomic mass is 10.2. The second-order valence-corrected chi connectivity index (χ2v) is 3.51. The molecule has 1 aromatic carbocycles. The summed E-state index contributed by atoms with van der Waals surface area (Å²) in [6, 6.07) is 2.93. The van der Waals surface area contributed by atoms with Crippen LogP contribution in [0.3, 0.4) is 0 Å². The molecule has 2 rings (SSSR count). The number of aromatic nitrogens is 2. The number of halogens is 2. The van der Waals surface area contributed by atoms with Gasteiger partial charge in [-0.15, -0.1) is 0 Å². The Morgan fingerprint density at radius 2 is 2.18 bits per heavy atom. The van der Waals surface area contributed by atoms with Crippen LogP contribution in [0.4, 0.5) is 14.5 Å². The summed E-state index contributed by atoms with van der Waals surface area (Å²) in [4.78, 5) is 11.7. The first-order valence-electron chi connectivity index (χ1n) is 4.84. The van der Waals surface area contributed by atoms with Crippen LogP contribution in [0.25, 0.3) is 0 Å². The highest BCUT2D eigenvalue weighted by Crippen LogP contribution is 2.16. The third kappa shape index (κ3) is 2.30. The molecule has 2 aromatic rings. The van der Waals surface area contributed by atoms with E-state index in [9.17, 15) is 13.6 Å². The summed E-state index contributed by atoms with van der Waals surface area (Å²) in [5.74, 6) is -2.04. The van der Waals surface area contributed by atoms with E-state index in [2.05, 4.69) is 15.5 Å². The first-order chi connectivity index (χ1) is 8.08. The molecular formula is C11H9F2N3O. The van der Waals surface area contributed by atoms with Crippen molar-refractivity contribution in [2.45, 2.75) is 6.92 Å². The molecule has 0 fully saturated rings. The smallest absolute Gasteiger partial charge is 0.274 e. The van der Waals surface area contributed by atoms with Gasteiger partial charge in [0.1, 0.15) is 17.3 Å². The van der Waals surface area contributed by atoms with Crippen molar-refractivity contribution < 1.29 is 13.6 Å². The zero-order chi connectivity index (χ0) is 12.4. The summed E-state index contributed by atoms with van der Waals surface area (Å²) in [7, 11) is 0. The maximum absolute atomic E-state index is 13.3. The van der Waals surface area contributed by atoms with E-state index in [1.165, 1.54) is 6.20 Å². The Balaban J connectivity index is 2.22. The molecule has 17 heavy (non-hydrogen) atoms. The first-order valence-corrected chi connectivity index (χ1v) is 4.84. The van der Waals surface area contributed by atoms with E-state index in [0.717, 1.165) is 12.1 Å². The van der Waals surface area contributed by atoms with E-state index in [1.54, 1.807) is 6.92 Å². The van der Waals surface area contributed by atoms with Gasteiger partial charge in [-0.2, -0.15) is 5.10 Å². The number of benzene rings is 1. The van der Waals surface area contributed by atoms with Crippen LogP contribution < -0.4 is 5.32 Å². The van der Waals surface area contributed by atoms with Crippen LogP contribution in [-0.4, -0.2) is 16.1 Å². The third-order valence-corrected chi connectivity index (χ3v) is 2.24. The first kappa shape index (κ1) is 11.3. The Bertz CT molecular complexity index is 566. The summed E-state index contributed by atoms with van der Waals surface area (Å²) < 4.78 is 25.9. The fourth-order valence-corrected chi connectivity index (χ4v) is 1.35. The SMILES string of the molecule is Cc1cn[nH]c1C(=O)Nc1ccc(F)cc1F. The predicted molar refractivity (Wildman–Crippen MR) is 57.6 cm³/mol. The van der Waals surface area contributed by atoms with Crippen molar-refractivity contribution in [3.8, 4) is 0 Å². The van der Waals surface area contributed by atoms with Gasteiger partial charge in [0.25, 0.3) is 5.91 Å². The normalized spacial score (nSPS) is 10.3. The van der Waals surface area contributed by atoms with E-state index in [-0.39, 0.29) is 11.4 Å². The van der Waals surface area contributed by atoms with Crippen molar-refractivity contribution in [1.29, 1.82) is 0 Å². The van der Waals surface area contributed by atoms with Gasteiger partial charge in [0.05, 0.1) is 11.9 Å². The zero-order valence-electron chi connectivity index (χ0n) is 8.92. The lowest BCUT2D eigenvalue weighted by molar-refractivity contribution is 0.102. The zero-order valence-corrected chi connectivity index (χ0v) is 8.92. The van der Waals surface area contributed by atoms with Gasteiger partial charge in [0.2, 0.25) is 0 Å². The number of rotatable bonds is 2. The number of aromatic amines is 1. The lowest BCUT2D eigenvalue weighted by Crippen LogP contribution is -2.14. The van der Waals surface area contributed by atoms with Crippen molar-refractivity contribution >= 4 is 11.6 Å². The van der Waals surface area contributed by atoms with Gasteiger partial charge in [-0.25, -0.2) is 8.78 Å². The number of anilines is 1. The molecular weight excluding hydrogens is 228 g/mol. The van der Waals surface area contributed by atoms with E-state index < -0.39 is 17.5 Å². The van der Waals surface area contributed by atoms with E-state index in [4.69, 9.17) is 0 Å². The molecule has 6 heteroatoms. The minimum absolute atomic E-state index is 0.0783. The molecule has 2 N–H and O–H groups in total. The van der Waals surface area contributed by atoms with Gasteiger partial charge >= 0.3 is 0 Å². The minimum atomic E-state index is -0.824. The minimum Gasteiger partial charge on any atom is -0.318 e. The van der Waals surface area contributed by atoms with Crippen LogP contribution in [-0.2, 0) is 0 Å². The molecule has 0 aliphatic carbocycles. The fraction of sp³-hybridized carbons (Fsp3) is 0.0909. The Hall–Kier alpha value is -2.24. The van der Waals surface area contributed by atoms with Crippen molar-refractivity contribution in [2.24, 2.45) is 0 Å². The molecule has 1 amide bonds. The Morgan fingerprint density at radius 3 is 2.76 bits per heavy atom. The average Bonchev–Trinajstić information content (AvgIpc) is 2.68. The summed E-state index contributed by atoms with van der Waals surface area (Å²) in [6.45, 7) is 1.69. The molecule has 4 nitrogen and oxygen atoms in total. The molecule has 0 saturated carbocycles. The number of H-pyrrole nitrogens is 1. The maximum atomic E-state index is 13.3. The Morgan fingerprint density at radius 1 is 1.41 bits per heavy atom. The van der Waals surface area contributed by atoms with Crippen molar-refractivity contribution in [1.82, 2.24) is 10.2 Å². The maximum Gasteiger partial charge on any atom is 0.274 e. The van der Waals surface area contributed by atoms with Crippen LogP contribution in [0.5, 0.6) is 0 Å². The quantitative estimate of drug-likeness (QED) is 0.841. The molecule has 1 aromatic heterocycles. The molecule has 0 aliphatic rings. The summed E-state index contributed by atoms with van der Waals surface area (Å²) >= 11 is 0. The highest BCUT2D eigenvalue weighted by molar-refractivity contribution is 6.03. The van der Waals surface area contributed by atoms with Gasteiger partial charge in [-0.3, -0.25) is 9.89 Å². The van der Waals surface area contributed by atoms with Crippen LogP contribution in [0.15, 0.2) is 24.4 Å². The summed E-state index contributed by atoms with van der Waals surface area (Å²) in [5, 5.41) is 8.51. The second-order valence-electron chi connectivity index (χ2n) is 3.51. The van der Waals surface area contributed by atoms with Gasteiger partial charge < -0.3 is 5.32 Å². The highest BCUT2D eigenvalue weighted by Gasteiger charge is 2.13. The van der Waals surface area contributed by atoms with Gasteiger partial charge in [-0.05, 0) is 24.6 Å². The van der Waals surface area contributed by atoms with Gasteiger partial charge in [0, 0.05) is 6.07 Å². The van der Waals surface area contributed by atoms with Crippen molar-refractivity contribution in [2.75, 3.05) is 5.32 Å². The van der Waals surface area contributed by atoms with Gasteiger partial charge in [-0.1, -0.05) is 0 Å². The number of carbonyl (C=O) groups is 1. The number of carbonyl (C=O) groups excluding carboxylic acids is 1.